The Labute approximate surface area is 118 Å². The first kappa shape index (κ1) is 14.3. The van der Waals surface area contributed by atoms with Crippen LogP contribution in [0, 0.1) is 6.92 Å². The third-order valence-electron chi connectivity index (χ3n) is 3.06. The molecule has 0 amide bonds. The Bertz CT molecular complexity index is 727. The molecule has 0 bridgehead atoms. The molecule has 0 saturated carbocycles. The van der Waals surface area contributed by atoms with Crippen LogP contribution in [0.4, 0.5) is 11.4 Å². The number of hydrogen-bond donors (Lipinski definition) is 2. The molecule has 3 N–H and O–H groups in total. The summed E-state index contributed by atoms with van der Waals surface area (Å²) in [5.41, 5.74) is 9.22. The number of anilines is 2. The Morgan fingerprint density at radius 3 is 2.65 bits per heavy atom. The van der Waals surface area contributed by atoms with Gasteiger partial charge < -0.3 is 11.1 Å². The second kappa shape index (κ2) is 5.50. The molecule has 2 rings (SSSR count). The van der Waals surface area contributed by atoms with Gasteiger partial charge >= 0.3 is 0 Å². The van der Waals surface area contributed by atoms with Crippen molar-refractivity contribution in [1.29, 1.82) is 0 Å². The molecular formula is C14H17N3O2S. The zero-order chi connectivity index (χ0) is 14.8. The van der Waals surface area contributed by atoms with Crippen molar-refractivity contribution in [2.45, 2.75) is 18.4 Å². The van der Waals surface area contributed by atoms with Gasteiger partial charge in [-0.15, -0.1) is 0 Å². The van der Waals surface area contributed by atoms with E-state index in [9.17, 15) is 8.42 Å². The first-order valence-corrected chi connectivity index (χ1v) is 8.00. The minimum absolute atomic E-state index is 0.223. The molecule has 1 heterocycles. The summed E-state index contributed by atoms with van der Waals surface area (Å²) >= 11 is 0. The zero-order valence-electron chi connectivity index (χ0n) is 11.4. The number of hydrogen-bond acceptors (Lipinski definition) is 5. The normalized spacial score (nSPS) is 11.3. The number of aryl methyl sites for hydroxylation is 1. The van der Waals surface area contributed by atoms with Crippen LogP contribution in [0.5, 0.6) is 0 Å². The van der Waals surface area contributed by atoms with E-state index in [1.54, 1.807) is 24.5 Å². The van der Waals surface area contributed by atoms with Crippen molar-refractivity contribution in [3.63, 3.8) is 0 Å². The number of nitrogens with zero attached hydrogens (tertiary/aromatic N) is 1. The van der Waals surface area contributed by atoms with Gasteiger partial charge in [-0.25, -0.2) is 8.42 Å². The molecule has 0 aliphatic heterocycles. The van der Waals surface area contributed by atoms with Crippen LogP contribution in [0.2, 0.25) is 0 Å². The lowest BCUT2D eigenvalue weighted by Gasteiger charge is -2.11. The molecule has 0 spiro atoms. The number of nitrogens with two attached hydrogens (primary N) is 1. The van der Waals surface area contributed by atoms with Gasteiger partial charge in [-0.1, -0.05) is 0 Å². The summed E-state index contributed by atoms with van der Waals surface area (Å²) in [6.45, 7) is 2.59. The summed E-state index contributed by atoms with van der Waals surface area (Å²) in [6, 6.07) is 6.64. The van der Waals surface area contributed by atoms with Crippen molar-refractivity contribution in [3.05, 3.63) is 47.8 Å². The van der Waals surface area contributed by atoms with Gasteiger partial charge in [0.1, 0.15) is 0 Å². The molecule has 5 nitrogen and oxygen atoms in total. The molecule has 0 atom stereocenters. The van der Waals surface area contributed by atoms with Crippen molar-refractivity contribution in [2.75, 3.05) is 17.3 Å². The Morgan fingerprint density at radius 1 is 1.30 bits per heavy atom. The van der Waals surface area contributed by atoms with E-state index in [0.717, 1.165) is 17.4 Å². The first-order chi connectivity index (χ1) is 9.38. The Kier molecular flexibility index (Phi) is 3.94. The summed E-state index contributed by atoms with van der Waals surface area (Å²) < 4.78 is 22.9. The molecule has 6 heteroatoms. The van der Waals surface area contributed by atoms with Crippen LogP contribution in [0.15, 0.2) is 41.6 Å². The molecule has 0 aliphatic rings. The van der Waals surface area contributed by atoms with Gasteiger partial charge in [-0.05, 0) is 42.3 Å². The van der Waals surface area contributed by atoms with Crippen molar-refractivity contribution in [3.8, 4) is 0 Å². The fraction of sp³-hybridized carbons (Fsp3) is 0.214. The number of nitrogens with one attached hydrogen (secondary N) is 1. The number of benzene rings is 1. The molecule has 1 aromatic heterocycles. The van der Waals surface area contributed by atoms with E-state index in [2.05, 4.69) is 10.3 Å². The summed E-state index contributed by atoms with van der Waals surface area (Å²) in [5, 5.41) is 3.20. The third-order valence-corrected chi connectivity index (χ3v) is 4.17. The predicted octanol–water partition coefficient (Wildman–Crippen LogP) is 1.99. The van der Waals surface area contributed by atoms with Crippen LogP contribution in [0.1, 0.15) is 11.1 Å². The molecule has 0 fully saturated rings. The van der Waals surface area contributed by atoms with Gasteiger partial charge in [0.05, 0.1) is 16.3 Å². The predicted molar refractivity (Wildman–Crippen MR) is 80.3 cm³/mol. The van der Waals surface area contributed by atoms with Crippen molar-refractivity contribution >= 4 is 21.2 Å². The molecule has 2 aromatic rings. The van der Waals surface area contributed by atoms with Crippen molar-refractivity contribution in [2.24, 2.45) is 0 Å². The average Bonchev–Trinajstić information content (AvgIpc) is 2.38. The maximum atomic E-state index is 11.4. The Hall–Kier alpha value is -2.08. The van der Waals surface area contributed by atoms with Gasteiger partial charge in [0.15, 0.2) is 9.84 Å². The highest BCUT2D eigenvalue weighted by Crippen LogP contribution is 2.23. The van der Waals surface area contributed by atoms with Gasteiger partial charge in [0, 0.05) is 25.2 Å². The molecule has 106 valence electrons. The molecule has 0 aliphatic carbocycles. The van der Waals surface area contributed by atoms with E-state index < -0.39 is 9.84 Å². The number of rotatable bonds is 4. The van der Waals surface area contributed by atoms with E-state index in [-0.39, 0.29) is 4.90 Å². The fourth-order valence-corrected chi connectivity index (χ4v) is 2.48. The standard InChI is InChI=1S/C14H17N3O2S/c1-10-8-16-6-5-11(10)9-17-14-4-3-12(7-13(14)15)20(2,18)19/h3-8,17H,9,15H2,1-2H3. The number of aromatic nitrogens is 1. The molecule has 1 aromatic carbocycles. The highest BCUT2D eigenvalue weighted by atomic mass is 32.2. The SMILES string of the molecule is Cc1cnccc1CNc1ccc(S(C)(=O)=O)cc1N. The van der Waals surface area contributed by atoms with Gasteiger partial charge in [0.25, 0.3) is 0 Å². The van der Waals surface area contributed by atoms with E-state index in [0.29, 0.717) is 17.9 Å². The lowest BCUT2D eigenvalue weighted by molar-refractivity contribution is 0.602. The largest absolute Gasteiger partial charge is 0.397 e. The first-order valence-electron chi connectivity index (χ1n) is 6.11. The Balaban J connectivity index is 2.17. The second-order valence-electron chi connectivity index (χ2n) is 4.68. The number of sulfone groups is 1. The molecule has 0 radical (unpaired) electrons. The molecular weight excluding hydrogens is 274 g/mol. The lowest BCUT2D eigenvalue weighted by atomic mass is 10.1. The molecule has 0 saturated heterocycles. The van der Waals surface area contributed by atoms with E-state index in [4.69, 9.17) is 5.73 Å². The highest BCUT2D eigenvalue weighted by molar-refractivity contribution is 7.90. The third kappa shape index (κ3) is 3.27. The quantitative estimate of drug-likeness (QED) is 0.841. The van der Waals surface area contributed by atoms with Crippen LogP contribution in [-0.2, 0) is 16.4 Å². The maximum absolute atomic E-state index is 11.4. The minimum Gasteiger partial charge on any atom is -0.397 e. The Morgan fingerprint density at radius 2 is 2.05 bits per heavy atom. The summed E-state index contributed by atoms with van der Waals surface area (Å²) in [5.74, 6) is 0. The topological polar surface area (TPSA) is 85.1 Å². The average molecular weight is 291 g/mol. The van der Waals surface area contributed by atoms with Crippen LogP contribution >= 0.6 is 0 Å². The van der Waals surface area contributed by atoms with Gasteiger partial charge in [-0.3, -0.25) is 4.98 Å². The minimum atomic E-state index is -3.23. The summed E-state index contributed by atoms with van der Waals surface area (Å²) in [7, 11) is -3.23. The van der Waals surface area contributed by atoms with Gasteiger partial charge in [-0.2, -0.15) is 0 Å². The van der Waals surface area contributed by atoms with E-state index in [1.807, 2.05) is 13.0 Å². The summed E-state index contributed by atoms with van der Waals surface area (Å²) in [6.07, 6.45) is 4.70. The zero-order valence-corrected chi connectivity index (χ0v) is 12.2. The number of pyridine rings is 1. The highest BCUT2D eigenvalue weighted by Gasteiger charge is 2.09. The fourth-order valence-electron chi connectivity index (χ4n) is 1.82. The van der Waals surface area contributed by atoms with Crippen LogP contribution < -0.4 is 11.1 Å². The van der Waals surface area contributed by atoms with Crippen LogP contribution in [0.3, 0.4) is 0 Å². The van der Waals surface area contributed by atoms with Crippen molar-refractivity contribution in [1.82, 2.24) is 4.98 Å². The molecule has 20 heavy (non-hydrogen) atoms. The smallest absolute Gasteiger partial charge is 0.175 e. The maximum Gasteiger partial charge on any atom is 0.175 e. The lowest BCUT2D eigenvalue weighted by Crippen LogP contribution is -2.05. The van der Waals surface area contributed by atoms with Gasteiger partial charge in [0.2, 0.25) is 0 Å². The second-order valence-corrected chi connectivity index (χ2v) is 6.69. The summed E-state index contributed by atoms with van der Waals surface area (Å²) in [4.78, 5) is 4.26. The van der Waals surface area contributed by atoms with Crippen molar-refractivity contribution < 1.29 is 8.42 Å². The van der Waals surface area contributed by atoms with E-state index in [1.165, 1.54) is 6.07 Å². The monoisotopic (exact) mass is 291 g/mol. The van der Waals surface area contributed by atoms with Crippen LogP contribution in [-0.4, -0.2) is 19.7 Å². The van der Waals surface area contributed by atoms with E-state index >= 15 is 0 Å². The molecule has 0 unspecified atom stereocenters. The van der Waals surface area contributed by atoms with Crippen LogP contribution in [0.25, 0.3) is 0 Å². The number of nitrogen functional groups attached to an aromatic ring is 1.